The van der Waals surface area contributed by atoms with Crippen LogP contribution < -0.4 is 20.2 Å². The highest BCUT2D eigenvalue weighted by Gasteiger charge is 2.03. The first kappa shape index (κ1) is 16.6. The number of nitrogens with one attached hydrogen (secondary N) is 2. The number of nitrogens with zero attached hydrogens (tertiary/aromatic N) is 1. The fourth-order valence-corrected chi connectivity index (χ4v) is 2.01. The molecule has 0 saturated carbocycles. The predicted molar refractivity (Wildman–Crippen MR) is 94.6 cm³/mol. The quantitative estimate of drug-likeness (QED) is 0.444. The lowest BCUT2D eigenvalue weighted by atomic mass is 10.2. The van der Waals surface area contributed by atoms with Crippen LogP contribution in [0.3, 0.4) is 0 Å². The highest BCUT2D eigenvalue weighted by Crippen LogP contribution is 2.25. The molecule has 0 heterocycles. The van der Waals surface area contributed by atoms with Gasteiger partial charge in [-0.3, -0.25) is 5.43 Å². The van der Waals surface area contributed by atoms with Gasteiger partial charge in [0.2, 0.25) is 0 Å². The number of methoxy groups -OCH3 is 2. The Morgan fingerprint density at radius 3 is 2.57 bits per heavy atom. The van der Waals surface area contributed by atoms with E-state index in [9.17, 15) is 5.11 Å². The van der Waals surface area contributed by atoms with Gasteiger partial charge in [-0.1, -0.05) is 12.1 Å². The summed E-state index contributed by atoms with van der Waals surface area (Å²) in [5.74, 6) is 1.13. The maximum absolute atomic E-state index is 9.69. The van der Waals surface area contributed by atoms with E-state index in [0.29, 0.717) is 22.2 Å². The summed E-state index contributed by atoms with van der Waals surface area (Å²) in [4.78, 5) is 0. The second-order valence-electron chi connectivity index (χ2n) is 4.46. The van der Waals surface area contributed by atoms with E-state index in [0.717, 1.165) is 5.69 Å². The van der Waals surface area contributed by atoms with Crippen LogP contribution in [-0.4, -0.2) is 30.7 Å². The van der Waals surface area contributed by atoms with Gasteiger partial charge < -0.3 is 19.9 Å². The Kier molecular flexibility index (Phi) is 5.76. The zero-order valence-corrected chi connectivity index (χ0v) is 13.6. The standard InChI is InChI=1S/C16H17N3O3S/c1-21-14-6-4-3-5-12(14)18-16(23)19-17-10-11-7-8-15(22-2)13(20)9-11/h3-10,20H,1-2H3,(H2,18,19,23). The SMILES string of the molecule is COc1ccc(C=NNC(=S)Nc2ccccc2OC)cc1O. The van der Waals surface area contributed by atoms with Gasteiger partial charge in [0.25, 0.3) is 0 Å². The number of phenols is 1. The van der Waals surface area contributed by atoms with Crippen molar-refractivity contribution in [3.8, 4) is 17.2 Å². The summed E-state index contributed by atoms with van der Waals surface area (Å²) >= 11 is 5.16. The van der Waals surface area contributed by atoms with Crippen molar-refractivity contribution < 1.29 is 14.6 Å². The molecule has 0 aliphatic heterocycles. The monoisotopic (exact) mass is 331 g/mol. The molecule has 120 valence electrons. The smallest absolute Gasteiger partial charge is 0.191 e. The van der Waals surface area contributed by atoms with Crippen molar-refractivity contribution in [2.75, 3.05) is 19.5 Å². The maximum atomic E-state index is 9.69. The number of ether oxygens (including phenoxy) is 2. The first-order valence-electron chi connectivity index (χ1n) is 6.74. The molecule has 3 N–H and O–H groups in total. The number of phenolic OH excluding ortho intramolecular Hbond substituents is 1. The van der Waals surface area contributed by atoms with Gasteiger partial charge >= 0.3 is 0 Å². The molecule has 23 heavy (non-hydrogen) atoms. The highest BCUT2D eigenvalue weighted by molar-refractivity contribution is 7.80. The average Bonchev–Trinajstić information content (AvgIpc) is 2.55. The number of hydrogen-bond donors (Lipinski definition) is 3. The number of para-hydroxylation sites is 2. The van der Waals surface area contributed by atoms with Crippen molar-refractivity contribution in [2.45, 2.75) is 0 Å². The molecular weight excluding hydrogens is 314 g/mol. The van der Waals surface area contributed by atoms with E-state index in [1.165, 1.54) is 13.3 Å². The van der Waals surface area contributed by atoms with Crippen LogP contribution >= 0.6 is 12.2 Å². The summed E-state index contributed by atoms with van der Waals surface area (Å²) in [5, 5.41) is 17.0. The summed E-state index contributed by atoms with van der Waals surface area (Å²) in [5.41, 5.74) is 4.15. The number of rotatable bonds is 5. The van der Waals surface area contributed by atoms with Crippen molar-refractivity contribution in [1.82, 2.24) is 5.43 Å². The second kappa shape index (κ2) is 8.00. The molecule has 0 bridgehead atoms. The lowest BCUT2D eigenvalue weighted by Gasteiger charge is -2.10. The number of anilines is 1. The molecular formula is C16H17N3O3S. The molecule has 0 fully saturated rings. The maximum Gasteiger partial charge on any atom is 0.191 e. The molecule has 0 spiro atoms. The van der Waals surface area contributed by atoms with Crippen LogP contribution in [0.5, 0.6) is 17.2 Å². The number of hydrogen-bond acceptors (Lipinski definition) is 5. The molecule has 0 aliphatic rings. The van der Waals surface area contributed by atoms with Crippen LogP contribution in [0.2, 0.25) is 0 Å². The fourth-order valence-electron chi connectivity index (χ4n) is 1.85. The summed E-state index contributed by atoms with van der Waals surface area (Å²) in [6, 6.07) is 12.4. The minimum atomic E-state index is 0.0474. The average molecular weight is 331 g/mol. The Labute approximate surface area is 139 Å². The van der Waals surface area contributed by atoms with Crippen molar-refractivity contribution in [3.05, 3.63) is 48.0 Å². The normalized spacial score (nSPS) is 10.3. The van der Waals surface area contributed by atoms with E-state index in [4.69, 9.17) is 21.7 Å². The third-order valence-electron chi connectivity index (χ3n) is 2.94. The van der Waals surface area contributed by atoms with Gasteiger partial charge in [-0.25, -0.2) is 0 Å². The minimum Gasteiger partial charge on any atom is -0.504 e. The Hall–Kier alpha value is -2.80. The molecule has 0 unspecified atom stereocenters. The number of benzene rings is 2. The van der Waals surface area contributed by atoms with Crippen LogP contribution in [0.25, 0.3) is 0 Å². The molecule has 0 aromatic heterocycles. The van der Waals surface area contributed by atoms with Crippen LogP contribution in [-0.2, 0) is 0 Å². The fraction of sp³-hybridized carbons (Fsp3) is 0.125. The molecule has 0 saturated heterocycles. The first-order chi connectivity index (χ1) is 11.1. The predicted octanol–water partition coefficient (Wildman–Crippen LogP) is 2.73. The molecule has 0 atom stereocenters. The number of hydrazone groups is 1. The van der Waals surface area contributed by atoms with E-state index in [1.807, 2.05) is 24.3 Å². The molecule has 7 heteroatoms. The Morgan fingerprint density at radius 1 is 1.13 bits per heavy atom. The van der Waals surface area contributed by atoms with Gasteiger partial charge in [-0.15, -0.1) is 0 Å². The largest absolute Gasteiger partial charge is 0.504 e. The first-order valence-corrected chi connectivity index (χ1v) is 7.15. The van der Waals surface area contributed by atoms with Crippen molar-refractivity contribution in [2.24, 2.45) is 5.10 Å². The van der Waals surface area contributed by atoms with Gasteiger partial charge in [0.05, 0.1) is 26.1 Å². The lowest BCUT2D eigenvalue weighted by Crippen LogP contribution is -2.24. The molecule has 2 rings (SSSR count). The van der Waals surface area contributed by atoms with Crippen LogP contribution in [0, 0.1) is 0 Å². The van der Waals surface area contributed by atoms with Crippen molar-refractivity contribution in [1.29, 1.82) is 0 Å². The molecule has 0 amide bonds. The van der Waals surface area contributed by atoms with Crippen molar-refractivity contribution >= 4 is 29.2 Å². The number of thiocarbonyl (C=S) groups is 1. The van der Waals surface area contributed by atoms with E-state index in [-0.39, 0.29) is 5.75 Å². The van der Waals surface area contributed by atoms with Gasteiger partial charge in [-0.2, -0.15) is 5.10 Å². The summed E-state index contributed by atoms with van der Waals surface area (Å²) in [7, 11) is 3.08. The second-order valence-corrected chi connectivity index (χ2v) is 4.86. The molecule has 0 aliphatic carbocycles. The minimum absolute atomic E-state index is 0.0474. The zero-order chi connectivity index (χ0) is 16.7. The summed E-state index contributed by atoms with van der Waals surface area (Å²) in [6.07, 6.45) is 1.54. The van der Waals surface area contributed by atoms with Gasteiger partial charge in [-0.05, 0) is 48.1 Å². The Balaban J connectivity index is 1.95. The molecule has 2 aromatic rings. The van der Waals surface area contributed by atoms with E-state index in [1.54, 1.807) is 25.3 Å². The van der Waals surface area contributed by atoms with Crippen LogP contribution in [0.1, 0.15) is 5.56 Å². The van der Waals surface area contributed by atoms with Crippen LogP contribution in [0.4, 0.5) is 5.69 Å². The van der Waals surface area contributed by atoms with Crippen molar-refractivity contribution in [3.63, 3.8) is 0 Å². The van der Waals surface area contributed by atoms with Gasteiger partial charge in [0.1, 0.15) is 5.75 Å². The molecule has 2 aromatic carbocycles. The lowest BCUT2D eigenvalue weighted by molar-refractivity contribution is 0.373. The van der Waals surface area contributed by atoms with Gasteiger partial charge in [0.15, 0.2) is 16.6 Å². The van der Waals surface area contributed by atoms with E-state index < -0.39 is 0 Å². The van der Waals surface area contributed by atoms with Gasteiger partial charge in [0, 0.05) is 0 Å². The third-order valence-corrected chi connectivity index (χ3v) is 3.13. The Morgan fingerprint density at radius 2 is 1.87 bits per heavy atom. The third kappa shape index (κ3) is 4.58. The van der Waals surface area contributed by atoms with E-state index in [2.05, 4.69) is 15.8 Å². The molecule has 6 nitrogen and oxygen atoms in total. The highest BCUT2D eigenvalue weighted by atomic mass is 32.1. The summed E-state index contributed by atoms with van der Waals surface area (Å²) in [6.45, 7) is 0. The molecule has 0 radical (unpaired) electrons. The summed E-state index contributed by atoms with van der Waals surface area (Å²) < 4.78 is 10.2. The Bertz CT molecular complexity index is 719. The van der Waals surface area contributed by atoms with Crippen LogP contribution in [0.15, 0.2) is 47.6 Å². The van der Waals surface area contributed by atoms with E-state index >= 15 is 0 Å². The number of aromatic hydroxyl groups is 1. The topological polar surface area (TPSA) is 75.1 Å². The zero-order valence-electron chi connectivity index (χ0n) is 12.7.